The second-order valence-corrected chi connectivity index (χ2v) is 5.09. The number of carbonyl (C=O) groups excluding carboxylic acids is 1. The Hall–Kier alpha value is -2.82. The quantitative estimate of drug-likeness (QED) is 0.483. The maximum Gasteiger partial charge on any atom is 0.411 e. The number of methoxy groups -OCH3 is 2. The second-order valence-electron chi connectivity index (χ2n) is 5.09. The summed E-state index contributed by atoms with van der Waals surface area (Å²) < 4.78 is 15.2. The summed E-state index contributed by atoms with van der Waals surface area (Å²) in [5.41, 5.74) is 0.0808. The van der Waals surface area contributed by atoms with Crippen LogP contribution in [0.3, 0.4) is 0 Å². The smallest absolute Gasteiger partial charge is 0.411 e. The predicted molar refractivity (Wildman–Crippen MR) is 82.8 cm³/mol. The minimum Gasteiger partial charge on any atom is -0.595 e. The van der Waals surface area contributed by atoms with Crippen molar-refractivity contribution in [2.75, 3.05) is 20.8 Å². The number of quaternary nitrogens is 1. The molecule has 3 N–H and O–H groups in total. The minimum absolute atomic E-state index is 0.105. The number of hydrogen-bond donors (Lipinski definition) is 3. The number of nitrogens with one attached hydrogen (secondary N) is 1. The van der Waals surface area contributed by atoms with Gasteiger partial charge in [0.25, 0.3) is 0 Å². The molecule has 25 heavy (non-hydrogen) atoms. The van der Waals surface area contributed by atoms with Gasteiger partial charge in [-0.3, -0.25) is 4.90 Å². The first-order valence-electron chi connectivity index (χ1n) is 7.20. The minimum atomic E-state index is -1.22. The number of ether oxygens (including phenoxy) is 3. The van der Waals surface area contributed by atoms with Gasteiger partial charge in [-0.2, -0.15) is 5.23 Å². The summed E-state index contributed by atoms with van der Waals surface area (Å²) in [7, 11) is 2.76. The predicted octanol–water partition coefficient (Wildman–Crippen LogP) is 0.0688. The van der Waals surface area contributed by atoms with Gasteiger partial charge >= 0.3 is 12.1 Å². The van der Waals surface area contributed by atoms with Gasteiger partial charge in [-0.15, -0.1) is 0 Å². The highest BCUT2D eigenvalue weighted by atomic mass is 16.8. The van der Waals surface area contributed by atoms with E-state index in [9.17, 15) is 20.0 Å². The molecule has 1 aromatic rings. The number of carbonyl (C=O) groups is 2. The fourth-order valence-corrected chi connectivity index (χ4v) is 2.39. The van der Waals surface area contributed by atoms with E-state index in [-0.39, 0.29) is 35.9 Å². The molecule has 0 radical (unpaired) electrons. The van der Waals surface area contributed by atoms with Crippen LogP contribution < -0.4 is 14.7 Å². The summed E-state index contributed by atoms with van der Waals surface area (Å²) in [6, 6.07) is 1.56. The first-order valence-corrected chi connectivity index (χ1v) is 7.20. The van der Waals surface area contributed by atoms with Crippen LogP contribution in [0.4, 0.5) is 10.5 Å². The van der Waals surface area contributed by atoms with E-state index in [1.165, 1.54) is 32.4 Å². The Morgan fingerprint density at radius 1 is 1.32 bits per heavy atom. The molecule has 0 aliphatic carbocycles. The summed E-state index contributed by atoms with van der Waals surface area (Å²) in [5, 5.41) is 28.5. The molecular weight excluding hydrogens is 336 g/mol. The standard InChI is InChI=1S/C15H18N2O8/c1-23-12-6-9(11(17(21)22)7-13(12)24-2)8-25-15(20)16-5-3-4-10(16)14(18)19/h3-4,6-7,10,17,21H,5,8H2,1-2H3,(H,18,19). The van der Waals surface area contributed by atoms with Crippen LogP contribution in [0.15, 0.2) is 24.3 Å². The van der Waals surface area contributed by atoms with Crippen molar-refractivity contribution in [1.29, 1.82) is 0 Å². The van der Waals surface area contributed by atoms with Crippen molar-refractivity contribution in [2.45, 2.75) is 12.6 Å². The van der Waals surface area contributed by atoms with E-state index >= 15 is 0 Å². The number of carboxylic acid groups (broad SMARTS) is 1. The second kappa shape index (κ2) is 7.83. The van der Waals surface area contributed by atoms with Crippen molar-refractivity contribution in [2.24, 2.45) is 0 Å². The molecule has 10 nitrogen and oxygen atoms in total. The molecule has 0 aromatic heterocycles. The molecule has 2 rings (SSSR count). The first kappa shape index (κ1) is 18.5. The van der Waals surface area contributed by atoms with Gasteiger partial charge in [0.1, 0.15) is 6.61 Å². The number of carboxylic acids is 1. The highest BCUT2D eigenvalue weighted by molar-refractivity contribution is 5.83. The lowest BCUT2D eigenvalue weighted by molar-refractivity contribution is -0.991. The average Bonchev–Trinajstić information content (AvgIpc) is 3.08. The van der Waals surface area contributed by atoms with Gasteiger partial charge in [0.2, 0.25) is 0 Å². The van der Waals surface area contributed by atoms with Crippen molar-refractivity contribution in [1.82, 2.24) is 4.90 Å². The summed E-state index contributed by atoms with van der Waals surface area (Å²) in [5.74, 6) is -0.669. The zero-order valence-corrected chi connectivity index (χ0v) is 13.6. The van der Waals surface area contributed by atoms with Crippen LogP contribution >= 0.6 is 0 Å². The molecule has 1 aromatic carbocycles. The third-order valence-electron chi connectivity index (χ3n) is 3.63. The lowest BCUT2D eigenvalue weighted by atomic mass is 10.1. The lowest BCUT2D eigenvalue weighted by Crippen LogP contribution is -2.99. The lowest BCUT2D eigenvalue weighted by Gasteiger charge is -2.22. The van der Waals surface area contributed by atoms with Gasteiger partial charge in [0.15, 0.2) is 23.2 Å². The molecule has 1 aliphatic heterocycles. The van der Waals surface area contributed by atoms with Crippen LogP contribution in [0.5, 0.6) is 11.5 Å². The molecule has 2 unspecified atom stereocenters. The molecule has 0 saturated carbocycles. The normalized spacial score (nSPS) is 17.3. The Morgan fingerprint density at radius 3 is 2.52 bits per heavy atom. The van der Waals surface area contributed by atoms with Gasteiger partial charge in [0, 0.05) is 12.6 Å². The van der Waals surface area contributed by atoms with E-state index in [0.717, 1.165) is 4.90 Å². The number of rotatable bonds is 6. The summed E-state index contributed by atoms with van der Waals surface area (Å²) in [6.07, 6.45) is 2.06. The molecule has 0 bridgehead atoms. The van der Waals surface area contributed by atoms with E-state index in [1.54, 1.807) is 6.08 Å². The third kappa shape index (κ3) is 3.99. The van der Waals surface area contributed by atoms with E-state index in [4.69, 9.17) is 19.3 Å². The Kier molecular flexibility index (Phi) is 5.80. The molecular formula is C15H18N2O8. The SMILES string of the molecule is COc1cc(COC(=O)N2CC=CC2C(=O)O)c([NH+]([O-])O)cc1OC. The molecule has 0 fully saturated rings. The van der Waals surface area contributed by atoms with Gasteiger partial charge in [-0.1, -0.05) is 12.2 Å². The fourth-order valence-electron chi connectivity index (χ4n) is 2.39. The van der Waals surface area contributed by atoms with Crippen LogP contribution in [0.2, 0.25) is 0 Å². The maximum atomic E-state index is 12.1. The van der Waals surface area contributed by atoms with Crippen molar-refractivity contribution in [3.63, 3.8) is 0 Å². The number of benzene rings is 1. The van der Waals surface area contributed by atoms with E-state index < -0.39 is 23.3 Å². The summed E-state index contributed by atoms with van der Waals surface area (Å²) >= 11 is 0. The maximum absolute atomic E-state index is 12.1. The Balaban J connectivity index is 2.16. The van der Waals surface area contributed by atoms with E-state index in [2.05, 4.69) is 0 Å². The largest absolute Gasteiger partial charge is 0.595 e. The van der Waals surface area contributed by atoms with E-state index in [0.29, 0.717) is 0 Å². The highest BCUT2D eigenvalue weighted by Crippen LogP contribution is 2.32. The average molecular weight is 354 g/mol. The molecule has 0 spiro atoms. The summed E-state index contributed by atoms with van der Waals surface area (Å²) in [6.45, 7) is -0.253. The van der Waals surface area contributed by atoms with Crippen LogP contribution in [0.25, 0.3) is 0 Å². The molecule has 1 heterocycles. The molecule has 10 heteroatoms. The van der Waals surface area contributed by atoms with Gasteiger partial charge in [0.05, 0.1) is 19.8 Å². The monoisotopic (exact) mass is 354 g/mol. The van der Waals surface area contributed by atoms with Gasteiger partial charge < -0.3 is 24.5 Å². The number of hydrogen-bond acceptors (Lipinski definition) is 7. The zero-order valence-electron chi connectivity index (χ0n) is 13.6. The molecule has 0 saturated heterocycles. The third-order valence-corrected chi connectivity index (χ3v) is 3.63. The van der Waals surface area contributed by atoms with Gasteiger partial charge in [-0.25, -0.2) is 14.8 Å². The highest BCUT2D eigenvalue weighted by Gasteiger charge is 2.31. The summed E-state index contributed by atoms with van der Waals surface area (Å²) in [4.78, 5) is 24.2. The van der Waals surface area contributed by atoms with E-state index in [1.807, 2.05) is 0 Å². The molecule has 1 aliphatic rings. The molecule has 136 valence electrons. The van der Waals surface area contributed by atoms with Crippen LogP contribution in [-0.2, 0) is 16.1 Å². The zero-order chi connectivity index (χ0) is 18.6. The van der Waals surface area contributed by atoms with Crippen molar-refractivity contribution < 1.29 is 39.3 Å². The molecule has 1 amide bonds. The van der Waals surface area contributed by atoms with Gasteiger partial charge in [-0.05, 0) is 6.07 Å². The molecule has 2 atom stereocenters. The van der Waals surface area contributed by atoms with Crippen molar-refractivity contribution in [3.05, 3.63) is 35.1 Å². The van der Waals surface area contributed by atoms with Crippen LogP contribution in [-0.4, -0.2) is 54.1 Å². The Morgan fingerprint density at radius 2 is 1.96 bits per heavy atom. The van der Waals surface area contributed by atoms with Crippen LogP contribution in [0, 0.1) is 5.21 Å². The topological polar surface area (TPSA) is 133 Å². The van der Waals surface area contributed by atoms with Crippen molar-refractivity contribution in [3.8, 4) is 11.5 Å². The Labute approximate surface area is 142 Å². The number of aliphatic carboxylic acids is 1. The fraction of sp³-hybridized carbons (Fsp3) is 0.333. The number of nitrogens with zero attached hydrogens (tertiary/aromatic N) is 1. The number of amides is 1. The Bertz CT molecular complexity index is 688. The van der Waals surface area contributed by atoms with Crippen LogP contribution in [0.1, 0.15) is 5.56 Å². The first-order chi connectivity index (χ1) is 11.9. The van der Waals surface area contributed by atoms with Crippen molar-refractivity contribution >= 4 is 17.7 Å².